The normalized spacial score (nSPS) is 16.6. The molecule has 7 rings (SSSR count). The fourth-order valence-corrected chi connectivity index (χ4v) is 6.07. The maximum absolute atomic E-state index is 9.04. The molecule has 0 unspecified atom stereocenters. The zero-order valence-corrected chi connectivity index (χ0v) is 24.3. The number of fused-ring (bicyclic) bond motifs is 1. The van der Waals surface area contributed by atoms with Gasteiger partial charge in [0.05, 0.1) is 5.56 Å². The molecule has 2 aliphatic rings. The summed E-state index contributed by atoms with van der Waals surface area (Å²) in [6.45, 7) is 4.28. The number of nitrogens with zero attached hydrogens (tertiary/aromatic N) is 9. The maximum atomic E-state index is 9.04. The van der Waals surface area contributed by atoms with Gasteiger partial charge in [0.2, 0.25) is 11.8 Å². The molecule has 0 saturated carbocycles. The van der Waals surface area contributed by atoms with Crippen molar-refractivity contribution in [2.45, 2.75) is 44.2 Å². The summed E-state index contributed by atoms with van der Waals surface area (Å²) < 4.78 is 7.69. The summed E-state index contributed by atoms with van der Waals surface area (Å²) in [6.07, 6.45) is 6.92. The van der Waals surface area contributed by atoms with Crippen molar-refractivity contribution >= 4 is 22.9 Å². The largest absolute Gasteiger partial charge is 0.383 e. The number of nitriles is 1. The van der Waals surface area contributed by atoms with Crippen molar-refractivity contribution in [3.05, 3.63) is 78.1 Å². The Balaban J connectivity index is 1.11. The number of piperidine rings is 1. The Morgan fingerprint density at radius 2 is 1.75 bits per heavy atom. The highest BCUT2D eigenvalue weighted by atomic mass is 16.5. The second kappa shape index (κ2) is 12.3. The fourth-order valence-electron chi connectivity index (χ4n) is 6.07. The van der Waals surface area contributed by atoms with Gasteiger partial charge in [-0.1, -0.05) is 12.1 Å². The first kappa shape index (κ1) is 27.8. The van der Waals surface area contributed by atoms with Crippen LogP contribution in [0.5, 0.6) is 0 Å². The van der Waals surface area contributed by atoms with E-state index in [1.165, 1.54) is 11.9 Å². The van der Waals surface area contributed by atoms with Gasteiger partial charge in [0.15, 0.2) is 11.5 Å². The predicted molar refractivity (Wildman–Crippen MR) is 166 cm³/mol. The number of hydrogen-bond acceptors (Lipinski definition) is 11. The van der Waals surface area contributed by atoms with Crippen LogP contribution < -0.4 is 11.1 Å². The summed E-state index contributed by atoms with van der Waals surface area (Å²) >= 11 is 0. The zero-order chi connectivity index (χ0) is 29.9. The number of pyridine rings is 2. The number of nitrogens with one attached hydrogen (secondary N) is 1. The lowest BCUT2D eigenvalue weighted by atomic mass is 9.96. The molecule has 44 heavy (non-hydrogen) atoms. The van der Waals surface area contributed by atoms with E-state index < -0.39 is 0 Å². The molecule has 0 bridgehead atoms. The zero-order valence-electron chi connectivity index (χ0n) is 24.3. The second-order valence-electron chi connectivity index (χ2n) is 11.3. The summed E-state index contributed by atoms with van der Waals surface area (Å²) in [7, 11) is 0. The number of nitrogens with two attached hydrogens (primary N) is 1. The van der Waals surface area contributed by atoms with Crippen LogP contribution in [-0.2, 0) is 11.3 Å². The maximum Gasteiger partial charge on any atom is 0.236 e. The first-order valence-corrected chi connectivity index (χ1v) is 15.0. The van der Waals surface area contributed by atoms with Gasteiger partial charge in [0.1, 0.15) is 23.7 Å². The SMILES string of the molecule is N#Cc1ncnc(NC2CCN(Cc3ccc(-n4c(-c5cccnc5N)nc5ccc(C6CCOCC6)nc54)cc3)CC2)n1. The minimum atomic E-state index is 0.124. The van der Waals surface area contributed by atoms with E-state index in [4.69, 9.17) is 25.7 Å². The van der Waals surface area contributed by atoms with Crippen LogP contribution in [0.15, 0.2) is 61.1 Å². The van der Waals surface area contributed by atoms with Crippen molar-refractivity contribution in [2.75, 3.05) is 37.4 Å². The Hall–Kier alpha value is -4.99. The smallest absolute Gasteiger partial charge is 0.236 e. The van der Waals surface area contributed by atoms with Crippen LogP contribution >= 0.6 is 0 Å². The van der Waals surface area contributed by atoms with Gasteiger partial charge in [-0.05, 0) is 67.6 Å². The van der Waals surface area contributed by atoms with Gasteiger partial charge in [0, 0.05) is 62.4 Å². The molecule has 12 heteroatoms. The van der Waals surface area contributed by atoms with Crippen LogP contribution in [-0.4, -0.2) is 71.7 Å². The van der Waals surface area contributed by atoms with Crippen LogP contribution in [0, 0.1) is 11.3 Å². The number of rotatable bonds is 7. The average Bonchev–Trinajstić information content (AvgIpc) is 3.45. The molecule has 2 saturated heterocycles. The number of nitrogen functional groups attached to an aromatic ring is 1. The molecule has 0 spiro atoms. The Kier molecular flexibility index (Phi) is 7.79. The predicted octanol–water partition coefficient (Wildman–Crippen LogP) is 4.09. The highest BCUT2D eigenvalue weighted by molar-refractivity contribution is 5.82. The monoisotopic (exact) mass is 587 g/mol. The molecule has 2 aliphatic heterocycles. The highest BCUT2D eigenvalue weighted by Gasteiger charge is 2.23. The second-order valence-corrected chi connectivity index (χ2v) is 11.3. The lowest BCUT2D eigenvalue weighted by molar-refractivity contribution is 0.0845. The summed E-state index contributed by atoms with van der Waals surface area (Å²) in [5, 5.41) is 12.4. The molecule has 3 N–H and O–H groups in total. The lowest BCUT2D eigenvalue weighted by Crippen LogP contribution is -2.39. The Morgan fingerprint density at radius 1 is 0.932 bits per heavy atom. The molecular formula is C32H33N11O. The van der Waals surface area contributed by atoms with Gasteiger partial charge >= 0.3 is 0 Å². The standard InChI is InChI=1S/C32H33N11O/c33-18-28-36-20-37-32(41-28)38-23-9-14-42(15-10-23)19-21-3-5-24(6-4-21)43-30(25-2-1-13-35-29(25)34)40-27-8-7-26(39-31(27)43)22-11-16-44-17-12-22/h1-8,13,20,22-23H,9-12,14-17,19H2,(H2,34,35)(H,36,37,38,41). The third kappa shape index (κ3) is 5.79. The van der Waals surface area contributed by atoms with E-state index in [9.17, 15) is 0 Å². The average molecular weight is 588 g/mol. The first-order chi connectivity index (χ1) is 21.6. The third-order valence-corrected chi connectivity index (χ3v) is 8.44. The van der Waals surface area contributed by atoms with Crippen molar-refractivity contribution in [1.82, 2.24) is 39.4 Å². The lowest BCUT2D eigenvalue weighted by Gasteiger charge is -2.32. The van der Waals surface area contributed by atoms with E-state index in [1.54, 1.807) is 6.20 Å². The molecule has 222 valence electrons. The van der Waals surface area contributed by atoms with Gasteiger partial charge in [0.25, 0.3) is 0 Å². The molecule has 1 aromatic carbocycles. The topological polar surface area (TPSA) is 157 Å². The van der Waals surface area contributed by atoms with E-state index in [0.717, 1.165) is 92.5 Å². The van der Waals surface area contributed by atoms with E-state index in [0.29, 0.717) is 17.7 Å². The Bertz CT molecular complexity index is 1800. The summed E-state index contributed by atoms with van der Waals surface area (Å²) in [5.74, 6) is 2.12. The fraction of sp³-hybridized carbons (Fsp3) is 0.344. The molecule has 0 radical (unpaired) electrons. The number of likely N-dealkylation sites (tertiary alicyclic amines) is 1. The van der Waals surface area contributed by atoms with Crippen molar-refractivity contribution in [2.24, 2.45) is 0 Å². The van der Waals surface area contributed by atoms with E-state index in [2.05, 4.69) is 71.1 Å². The molecule has 0 atom stereocenters. The quantitative estimate of drug-likeness (QED) is 0.283. The van der Waals surface area contributed by atoms with Crippen molar-refractivity contribution in [3.8, 4) is 23.1 Å². The minimum absolute atomic E-state index is 0.124. The molecule has 2 fully saturated rings. The summed E-state index contributed by atoms with van der Waals surface area (Å²) in [5.41, 5.74) is 12.0. The van der Waals surface area contributed by atoms with Crippen molar-refractivity contribution in [3.63, 3.8) is 0 Å². The van der Waals surface area contributed by atoms with Gasteiger partial charge in [-0.2, -0.15) is 10.2 Å². The van der Waals surface area contributed by atoms with Gasteiger partial charge in [-0.3, -0.25) is 9.47 Å². The number of ether oxygens (including phenoxy) is 1. The number of anilines is 2. The van der Waals surface area contributed by atoms with Crippen LogP contribution in [0.4, 0.5) is 11.8 Å². The van der Waals surface area contributed by atoms with Crippen molar-refractivity contribution in [1.29, 1.82) is 5.26 Å². The van der Waals surface area contributed by atoms with Crippen LogP contribution in [0.3, 0.4) is 0 Å². The summed E-state index contributed by atoms with van der Waals surface area (Å²) in [4.78, 5) is 29.1. The van der Waals surface area contributed by atoms with Crippen LogP contribution in [0.25, 0.3) is 28.2 Å². The molecule has 6 heterocycles. The number of hydrogen-bond donors (Lipinski definition) is 2. The molecule has 0 amide bonds. The Labute approximate surface area is 255 Å². The van der Waals surface area contributed by atoms with Gasteiger partial charge in [-0.15, -0.1) is 0 Å². The van der Waals surface area contributed by atoms with Crippen molar-refractivity contribution < 1.29 is 4.74 Å². The Morgan fingerprint density at radius 3 is 2.52 bits per heavy atom. The molecule has 0 aliphatic carbocycles. The number of aromatic nitrogens is 7. The molecule has 5 aromatic rings. The molecular weight excluding hydrogens is 554 g/mol. The highest BCUT2D eigenvalue weighted by Crippen LogP contribution is 2.33. The molecule has 12 nitrogen and oxygen atoms in total. The van der Waals surface area contributed by atoms with Crippen LogP contribution in [0.1, 0.15) is 48.7 Å². The minimum Gasteiger partial charge on any atom is -0.383 e. The van der Waals surface area contributed by atoms with Gasteiger partial charge in [-0.25, -0.2) is 24.9 Å². The third-order valence-electron chi connectivity index (χ3n) is 8.44. The first-order valence-electron chi connectivity index (χ1n) is 15.0. The number of benzene rings is 1. The van der Waals surface area contributed by atoms with E-state index in [1.807, 2.05) is 18.2 Å². The van der Waals surface area contributed by atoms with Crippen LogP contribution in [0.2, 0.25) is 0 Å². The summed E-state index contributed by atoms with van der Waals surface area (Å²) in [6, 6.07) is 18.8. The van der Waals surface area contributed by atoms with E-state index in [-0.39, 0.29) is 11.9 Å². The number of imidazole rings is 1. The van der Waals surface area contributed by atoms with Gasteiger partial charge < -0.3 is 15.8 Å². The molecule has 4 aromatic heterocycles. The van der Waals surface area contributed by atoms with E-state index >= 15 is 0 Å².